The maximum atomic E-state index is 13.3. The van der Waals surface area contributed by atoms with E-state index in [2.05, 4.69) is 30.0 Å². The van der Waals surface area contributed by atoms with Gasteiger partial charge in [-0.25, -0.2) is 26.8 Å². The Labute approximate surface area is 416 Å². The Morgan fingerprint density at radius 3 is 1.53 bits per heavy atom. The van der Waals surface area contributed by atoms with Gasteiger partial charge >= 0.3 is 0 Å². The number of aromatic hydroxyl groups is 1. The number of anilines is 4. The third-order valence-corrected chi connectivity index (χ3v) is 16.7. The Morgan fingerprint density at radius 1 is 0.643 bits per heavy atom. The van der Waals surface area contributed by atoms with Crippen molar-refractivity contribution in [3.63, 3.8) is 0 Å². The number of aromatic nitrogens is 2. The molecule has 21 heteroatoms. The number of thiazole rings is 2. The van der Waals surface area contributed by atoms with E-state index < -0.39 is 20.0 Å². The molecule has 372 valence electrons. The summed E-state index contributed by atoms with van der Waals surface area (Å²) in [5, 5.41) is 16.2. The van der Waals surface area contributed by atoms with Gasteiger partial charge in [0.05, 0.1) is 41.0 Å². The van der Waals surface area contributed by atoms with Gasteiger partial charge in [-0.1, -0.05) is 40.9 Å². The first kappa shape index (κ1) is 51.7. The van der Waals surface area contributed by atoms with Crippen LogP contribution in [0.5, 0.6) is 17.2 Å². The topological polar surface area (TPSA) is 233 Å². The average molecular weight is 1030 g/mol. The summed E-state index contributed by atoms with van der Waals surface area (Å²) < 4.78 is 79.4. The van der Waals surface area contributed by atoms with Crippen molar-refractivity contribution in [2.45, 2.75) is 69.1 Å². The molecule has 6 aromatic rings. The largest absolute Gasteiger partial charge is 0.508 e. The molecule has 0 bridgehead atoms. The van der Waals surface area contributed by atoms with Crippen LogP contribution in [0, 0.1) is 32.6 Å². The van der Waals surface area contributed by atoms with E-state index in [1.165, 1.54) is 67.2 Å². The first-order chi connectivity index (χ1) is 33.5. The van der Waals surface area contributed by atoms with Crippen molar-refractivity contribution in [2.24, 2.45) is 11.8 Å². The van der Waals surface area contributed by atoms with Gasteiger partial charge < -0.3 is 34.7 Å². The van der Waals surface area contributed by atoms with Crippen LogP contribution in [-0.4, -0.2) is 84.4 Å². The first-order valence-corrected chi connectivity index (χ1v) is 27.1. The van der Waals surface area contributed by atoms with E-state index >= 15 is 0 Å². The fourth-order valence-corrected chi connectivity index (χ4v) is 12.4. The zero-order valence-electron chi connectivity index (χ0n) is 39.4. The molecule has 2 aliphatic heterocycles. The number of nitrogens with one attached hydrogen (secondary N) is 4. The molecular weight excluding hydrogens is 977 g/mol. The normalized spacial score (nSPS) is 14.5. The lowest BCUT2D eigenvalue weighted by Gasteiger charge is -2.20. The van der Waals surface area contributed by atoms with Gasteiger partial charge in [0.1, 0.15) is 27.0 Å². The minimum Gasteiger partial charge on any atom is -0.508 e. The molecule has 70 heavy (non-hydrogen) atoms. The van der Waals surface area contributed by atoms with Crippen LogP contribution in [0.4, 0.5) is 21.6 Å². The minimum atomic E-state index is -3.99. The van der Waals surface area contributed by atoms with Crippen LogP contribution >= 0.6 is 22.7 Å². The number of aryl methyl sites for hydroxylation is 3. The Balaban J connectivity index is 0.000000206. The highest BCUT2D eigenvalue weighted by atomic mass is 32.2. The van der Waals surface area contributed by atoms with Gasteiger partial charge in [-0.15, -0.1) is 0 Å². The molecule has 8 rings (SSSR count). The molecule has 2 aromatic heterocycles. The third kappa shape index (κ3) is 13.4. The number of nitrogens with zero attached hydrogens (tertiary/aromatic N) is 2. The van der Waals surface area contributed by atoms with Gasteiger partial charge in [0.15, 0.2) is 10.3 Å². The molecule has 0 spiro atoms. The van der Waals surface area contributed by atoms with E-state index in [1.807, 2.05) is 32.9 Å². The molecule has 2 amide bonds. The number of phenols is 1. The molecule has 0 saturated carbocycles. The number of carbonyl (C=O) groups is 2. The molecular formula is C49H56N6O11S4. The Bertz CT molecular complexity index is 3020. The van der Waals surface area contributed by atoms with Crippen LogP contribution in [-0.2, 0) is 39.1 Å². The zero-order valence-corrected chi connectivity index (χ0v) is 42.6. The zero-order chi connectivity index (χ0) is 50.0. The van der Waals surface area contributed by atoms with E-state index in [9.17, 15) is 31.5 Å². The lowest BCUT2D eigenvalue weighted by molar-refractivity contribution is -0.118. The lowest BCUT2D eigenvalue weighted by atomic mass is 9.96. The Hall–Kier alpha value is -6.10. The predicted molar refractivity (Wildman–Crippen MR) is 272 cm³/mol. The molecule has 0 aliphatic carbocycles. The summed E-state index contributed by atoms with van der Waals surface area (Å²) in [6.07, 6.45) is 4.37. The second-order valence-electron chi connectivity index (χ2n) is 16.8. The van der Waals surface area contributed by atoms with Gasteiger partial charge in [0.25, 0.3) is 20.0 Å². The number of methoxy groups -OCH3 is 2. The molecule has 2 fully saturated rings. The van der Waals surface area contributed by atoms with E-state index in [1.54, 1.807) is 42.5 Å². The van der Waals surface area contributed by atoms with Crippen molar-refractivity contribution < 1.29 is 50.5 Å². The molecule has 5 N–H and O–H groups in total. The van der Waals surface area contributed by atoms with E-state index in [-0.39, 0.29) is 38.9 Å². The first-order valence-electron chi connectivity index (χ1n) is 22.5. The second kappa shape index (κ2) is 23.2. The van der Waals surface area contributed by atoms with Crippen LogP contribution in [0.2, 0.25) is 0 Å². The number of ether oxygens (including phenoxy) is 4. The molecule has 17 nitrogen and oxygen atoms in total. The van der Waals surface area contributed by atoms with Gasteiger partial charge in [-0.05, 0) is 142 Å². The summed E-state index contributed by atoms with van der Waals surface area (Å²) in [4.78, 5) is 35.5. The molecule has 0 atom stereocenters. The van der Waals surface area contributed by atoms with Crippen molar-refractivity contribution in [3.8, 4) is 38.1 Å². The summed E-state index contributed by atoms with van der Waals surface area (Å²) in [6, 6.07) is 22.8. The molecule has 4 aromatic carbocycles. The molecule has 0 unspecified atom stereocenters. The monoisotopic (exact) mass is 1030 g/mol. The van der Waals surface area contributed by atoms with Crippen molar-refractivity contribution in [3.05, 3.63) is 102 Å². The fraction of sp³-hybridized carbons (Fsp3) is 0.347. The van der Waals surface area contributed by atoms with Gasteiger partial charge in [0.2, 0.25) is 11.8 Å². The summed E-state index contributed by atoms with van der Waals surface area (Å²) in [7, 11) is -5.08. The predicted octanol–water partition coefficient (Wildman–Crippen LogP) is 9.38. The second-order valence-corrected chi connectivity index (χ2v) is 22.1. The van der Waals surface area contributed by atoms with Crippen LogP contribution in [0.15, 0.2) is 94.7 Å². The highest BCUT2D eigenvalue weighted by Crippen LogP contribution is 2.39. The Morgan fingerprint density at radius 2 is 1.09 bits per heavy atom. The fourth-order valence-electron chi connectivity index (χ4n) is 7.88. The number of para-hydroxylation sites is 1. The van der Waals surface area contributed by atoms with Crippen LogP contribution in [0.1, 0.15) is 55.5 Å². The number of rotatable bonds is 16. The molecule has 2 aliphatic rings. The van der Waals surface area contributed by atoms with Crippen molar-refractivity contribution in [2.75, 3.05) is 60.7 Å². The molecule has 0 radical (unpaired) electrons. The quantitative estimate of drug-likeness (QED) is 0.0569. The summed E-state index contributed by atoms with van der Waals surface area (Å²) in [5.41, 5.74) is 4.31. The standard InChI is InChI=1S/C25H29N3O5S2.C24H27N3O6S2/c1-16-6-4-5-7-20(16)28-35(30,31)22-15-19(8-9-21(22)32-3)24-17(2)26-25(34-24)27-23(29)14-18-10-12-33-13-11-18;1-15-23(34-24(25-15)26-22(29)13-16-9-11-33-12-10-16)17-3-8-20(32-2)21(14-17)35(30,31)27-18-4-6-19(28)7-5-18/h4-9,15,18,28H,10-14H2,1-3H3,(H,26,27,29);3-8,14,16,27-28H,9-13H2,1-2H3,(H,25,26,29). The van der Waals surface area contributed by atoms with Gasteiger partial charge in [-0.3, -0.25) is 19.0 Å². The highest BCUT2D eigenvalue weighted by molar-refractivity contribution is 7.93. The number of amides is 2. The lowest BCUT2D eigenvalue weighted by Crippen LogP contribution is -2.22. The van der Waals surface area contributed by atoms with Crippen molar-refractivity contribution in [1.82, 2.24) is 9.97 Å². The molecule has 2 saturated heterocycles. The van der Waals surface area contributed by atoms with E-state index in [0.29, 0.717) is 95.3 Å². The average Bonchev–Trinajstić information content (AvgIpc) is 3.90. The molecule has 4 heterocycles. The summed E-state index contributed by atoms with van der Waals surface area (Å²) in [6.45, 7) is 8.24. The maximum Gasteiger partial charge on any atom is 0.265 e. The number of sulfonamides is 2. The highest BCUT2D eigenvalue weighted by Gasteiger charge is 2.26. The van der Waals surface area contributed by atoms with Crippen LogP contribution in [0.3, 0.4) is 0 Å². The number of hydrogen-bond donors (Lipinski definition) is 5. The van der Waals surface area contributed by atoms with Crippen molar-refractivity contribution in [1.29, 1.82) is 0 Å². The van der Waals surface area contributed by atoms with E-state index in [0.717, 1.165) is 41.0 Å². The summed E-state index contributed by atoms with van der Waals surface area (Å²) >= 11 is 2.61. The third-order valence-electron chi connectivity index (χ3n) is 11.7. The minimum absolute atomic E-state index is 0.0265. The number of carbonyl (C=O) groups excluding carboxylic acids is 2. The summed E-state index contributed by atoms with van der Waals surface area (Å²) in [5.74, 6) is 0.919. The van der Waals surface area contributed by atoms with Crippen LogP contribution in [0.25, 0.3) is 20.9 Å². The van der Waals surface area contributed by atoms with Gasteiger partial charge in [-0.2, -0.15) is 0 Å². The van der Waals surface area contributed by atoms with Crippen LogP contribution < -0.4 is 29.6 Å². The number of hydrogen-bond acceptors (Lipinski definition) is 15. The van der Waals surface area contributed by atoms with Gasteiger partial charge in [0, 0.05) is 45.0 Å². The SMILES string of the molecule is COc1ccc(-c2sc(NC(=O)CC3CCOCC3)nc2C)cc1S(=O)(=O)Nc1ccc(O)cc1.COc1ccc(-c2sc(NC(=O)CC3CCOCC3)nc2C)cc1S(=O)(=O)Nc1ccccc1C. The number of benzene rings is 4. The Kier molecular flexibility index (Phi) is 17.2. The van der Waals surface area contributed by atoms with Crippen molar-refractivity contribution >= 4 is 76.2 Å². The maximum absolute atomic E-state index is 13.3. The van der Waals surface area contributed by atoms with E-state index in [4.69, 9.17) is 18.9 Å². The number of phenolic OH excluding ortho intramolecular Hbond substituents is 1. The smallest absolute Gasteiger partial charge is 0.265 e.